The molecule has 2 rings (SSSR count). The fraction of sp³-hybridized carbons (Fsp3) is 0.400. The molecule has 1 aromatic rings. The number of carbonyl (C=O) groups is 1. The molecular weight excluding hydrogens is 229 g/mol. The van der Waals surface area contributed by atoms with Crippen LogP contribution in [0.4, 0.5) is 4.39 Å². The van der Waals surface area contributed by atoms with E-state index in [0.717, 1.165) is 12.8 Å². The van der Waals surface area contributed by atoms with Crippen molar-refractivity contribution < 1.29 is 9.18 Å². The molecule has 96 valence electrons. The van der Waals surface area contributed by atoms with E-state index in [1.165, 1.54) is 6.07 Å². The number of halogens is 1. The lowest BCUT2D eigenvalue weighted by Crippen LogP contribution is -2.27. The molecule has 18 heavy (non-hydrogen) atoms. The first-order chi connectivity index (χ1) is 8.75. The van der Waals surface area contributed by atoms with Crippen molar-refractivity contribution in [3.63, 3.8) is 0 Å². The Kier molecular flexibility index (Phi) is 4.51. The van der Waals surface area contributed by atoms with Crippen molar-refractivity contribution in [1.82, 2.24) is 5.32 Å². The largest absolute Gasteiger partial charge is 0.356 e. The highest BCUT2D eigenvalue weighted by Crippen LogP contribution is 2.19. The fourth-order valence-electron chi connectivity index (χ4n) is 2.21. The van der Waals surface area contributed by atoms with Crippen LogP contribution in [0.2, 0.25) is 0 Å². The van der Waals surface area contributed by atoms with Gasteiger partial charge >= 0.3 is 0 Å². The summed E-state index contributed by atoms with van der Waals surface area (Å²) in [4.78, 5) is 11.6. The molecule has 1 unspecified atom stereocenters. The highest BCUT2D eigenvalue weighted by atomic mass is 19.1. The molecule has 2 nitrogen and oxygen atoms in total. The smallest absolute Gasteiger partial charge is 0.220 e. The minimum atomic E-state index is -0.203. The van der Waals surface area contributed by atoms with Crippen LogP contribution < -0.4 is 5.32 Å². The van der Waals surface area contributed by atoms with Crippen LogP contribution in [0.5, 0.6) is 0 Å². The van der Waals surface area contributed by atoms with Crippen LogP contribution in [0.3, 0.4) is 0 Å². The van der Waals surface area contributed by atoms with Gasteiger partial charge < -0.3 is 5.32 Å². The van der Waals surface area contributed by atoms with Gasteiger partial charge in [-0.25, -0.2) is 4.39 Å². The first kappa shape index (κ1) is 12.8. The van der Waals surface area contributed by atoms with Crippen molar-refractivity contribution in [3.8, 4) is 0 Å². The van der Waals surface area contributed by atoms with Gasteiger partial charge in [0, 0.05) is 13.0 Å². The molecule has 1 aromatic carbocycles. The normalized spacial score (nSPS) is 17.9. The second-order valence-electron chi connectivity index (χ2n) is 4.66. The molecule has 0 heterocycles. The predicted octanol–water partition coefficient (Wildman–Crippen LogP) is 2.84. The van der Waals surface area contributed by atoms with Crippen LogP contribution in [0.25, 0.3) is 0 Å². The number of amides is 1. The van der Waals surface area contributed by atoms with Gasteiger partial charge in [-0.15, -0.1) is 0 Å². The monoisotopic (exact) mass is 247 g/mol. The molecule has 0 fully saturated rings. The van der Waals surface area contributed by atoms with Gasteiger partial charge in [0.1, 0.15) is 5.82 Å². The van der Waals surface area contributed by atoms with Gasteiger partial charge in [-0.3, -0.25) is 4.79 Å². The number of carbonyl (C=O) groups excluding carboxylic acids is 1. The summed E-state index contributed by atoms with van der Waals surface area (Å²) in [6, 6.07) is 6.68. The van der Waals surface area contributed by atoms with Crippen LogP contribution in [0.1, 0.15) is 24.8 Å². The van der Waals surface area contributed by atoms with E-state index in [1.807, 2.05) is 6.07 Å². The van der Waals surface area contributed by atoms with Gasteiger partial charge in [-0.05, 0) is 36.8 Å². The number of benzene rings is 1. The third kappa shape index (κ3) is 3.69. The van der Waals surface area contributed by atoms with Crippen LogP contribution in [-0.2, 0) is 11.2 Å². The van der Waals surface area contributed by atoms with Crippen molar-refractivity contribution in [2.75, 3.05) is 6.54 Å². The van der Waals surface area contributed by atoms with Crippen LogP contribution in [-0.4, -0.2) is 12.5 Å². The molecular formula is C15H18FNO. The Bertz CT molecular complexity index is 442. The molecule has 1 amide bonds. The summed E-state index contributed by atoms with van der Waals surface area (Å²) in [5.74, 6) is 0.242. The van der Waals surface area contributed by atoms with Crippen molar-refractivity contribution in [2.45, 2.75) is 25.7 Å². The van der Waals surface area contributed by atoms with Crippen molar-refractivity contribution in [1.29, 1.82) is 0 Å². The number of hydrogen-bond acceptors (Lipinski definition) is 1. The fourth-order valence-corrected chi connectivity index (χ4v) is 2.21. The van der Waals surface area contributed by atoms with Crippen molar-refractivity contribution >= 4 is 5.91 Å². The van der Waals surface area contributed by atoms with Gasteiger partial charge in [0.2, 0.25) is 5.91 Å². The Morgan fingerprint density at radius 2 is 2.22 bits per heavy atom. The summed E-state index contributed by atoms with van der Waals surface area (Å²) in [6.07, 6.45) is 7.47. The van der Waals surface area contributed by atoms with E-state index in [1.54, 1.807) is 12.1 Å². The first-order valence-electron chi connectivity index (χ1n) is 6.42. The first-order valence-corrected chi connectivity index (χ1v) is 6.42. The Labute approximate surface area is 107 Å². The zero-order valence-corrected chi connectivity index (χ0v) is 10.4. The van der Waals surface area contributed by atoms with Gasteiger partial charge in [-0.2, -0.15) is 0 Å². The van der Waals surface area contributed by atoms with E-state index in [4.69, 9.17) is 0 Å². The molecule has 1 aliphatic rings. The Morgan fingerprint density at radius 1 is 1.39 bits per heavy atom. The van der Waals surface area contributed by atoms with E-state index in [2.05, 4.69) is 17.5 Å². The number of rotatable bonds is 5. The van der Waals surface area contributed by atoms with Crippen LogP contribution >= 0.6 is 0 Å². The summed E-state index contributed by atoms with van der Waals surface area (Å²) < 4.78 is 13.3. The van der Waals surface area contributed by atoms with E-state index >= 15 is 0 Å². The van der Waals surface area contributed by atoms with Gasteiger partial charge in [-0.1, -0.05) is 30.4 Å². The summed E-state index contributed by atoms with van der Waals surface area (Å²) in [5.41, 5.74) is 0.651. The molecule has 0 aliphatic heterocycles. The maximum absolute atomic E-state index is 13.3. The summed E-state index contributed by atoms with van der Waals surface area (Å²) >= 11 is 0. The van der Waals surface area contributed by atoms with Crippen molar-refractivity contribution in [3.05, 3.63) is 47.8 Å². The van der Waals surface area contributed by atoms with Crippen molar-refractivity contribution in [2.24, 2.45) is 5.92 Å². The Morgan fingerprint density at radius 3 is 2.94 bits per heavy atom. The quantitative estimate of drug-likeness (QED) is 0.796. The third-order valence-corrected chi connectivity index (χ3v) is 3.23. The summed E-state index contributed by atoms with van der Waals surface area (Å²) in [5, 5.41) is 2.85. The van der Waals surface area contributed by atoms with Gasteiger partial charge in [0.15, 0.2) is 0 Å². The molecule has 0 radical (unpaired) electrons. The lowest BCUT2D eigenvalue weighted by Gasteiger charge is -2.09. The van der Waals surface area contributed by atoms with Crippen LogP contribution in [0.15, 0.2) is 36.4 Å². The molecule has 0 bridgehead atoms. The molecule has 1 aliphatic carbocycles. The third-order valence-electron chi connectivity index (χ3n) is 3.23. The predicted molar refractivity (Wildman–Crippen MR) is 69.6 cm³/mol. The molecule has 0 spiro atoms. The van der Waals surface area contributed by atoms with E-state index < -0.39 is 0 Å². The zero-order chi connectivity index (χ0) is 12.8. The highest BCUT2D eigenvalue weighted by molar-refractivity contribution is 5.76. The standard InChI is InChI=1S/C15H18FNO/c16-14-8-4-3-7-13(14)9-10-17-15(18)11-12-5-1-2-6-12/h1,3-5,7-8,12H,2,6,9-11H2,(H,17,18). The molecule has 1 atom stereocenters. The lowest BCUT2D eigenvalue weighted by atomic mass is 10.0. The average molecular weight is 247 g/mol. The second kappa shape index (κ2) is 6.34. The lowest BCUT2D eigenvalue weighted by molar-refractivity contribution is -0.121. The maximum atomic E-state index is 13.3. The summed E-state index contributed by atoms with van der Waals surface area (Å²) in [6.45, 7) is 0.496. The van der Waals surface area contributed by atoms with Gasteiger partial charge in [0.25, 0.3) is 0 Å². The van der Waals surface area contributed by atoms with Gasteiger partial charge in [0.05, 0.1) is 0 Å². The number of nitrogens with one attached hydrogen (secondary N) is 1. The Balaban J connectivity index is 1.70. The minimum absolute atomic E-state index is 0.0582. The molecule has 0 saturated heterocycles. The molecule has 1 N–H and O–H groups in total. The zero-order valence-electron chi connectivity index (χ0n) is 10.4. The van der Waals surface area contributed by atoms with E-state index in [-0.39, 0.29) is 11.7 Å². The van der Waals surface area contributed by atoms with Crippen LogP contribution in [0, 0.1) is 11.7 Å². The SMILES string of the molecule is O=C(CC1C=CCC1)NCCc1ccccc1F. The molecule has 3 heteroatoms. The number of hydrogen-bond donors (Lipinski definition) is 1. The number of allylic oxidation sites excluding steroid dienone is 2. The topological polar surface area (TPSA) is 29.1 Å². The average Bonchev–Trinajstić information content (AvgIpc) is 2.84. The Hall–Kier alpha value is -1.64. The van der Waals surface area contributed by atoms with E-state index in [0.29, 0.717) is 30.9 Å². The second-order valence-corrected chi connectivity index (χ2v) is 4.66. The minimum Gasteiger partial charge on any atom is -0.356 e. The van der Waals surface area contributed by atoms with E-state index in [9.17, 15) is 9.18 Å². The maximum Gasteiger partial charge on any atom is 0.220 e. The summed E-state index contributed by atoms with van der Waals surface area (Å²) in [7, 11) is 0. The molecule has 0 aromatic heterocycles. The molecule has 0 saturated carbocycles. The highest BCUT2D eigenvalue weighted by Gasteiger charge is 2.13.